The summed E-state index contributed by atoms with van der Waals surface area (Å²) >= 11 is 0. The molecular formula is C25H40N2O9S3. The van der Waals surface area contributed by atoms with Gasteiger partial charge < -0.3 is 25.2 Å². The molecule has 3 N–H and O–H groups in total. The van der Waals surface area contributed by atoms with E-state index in [1.807, 2.05) is 39.0 Å². The van der Waals surface area contributed by atoms with E-state index in [1.54, 1.807) is 32.9 Å². The third-order valence-electron chi connectivity index (χ3n) is 4.50. The first kappa shape index (κ1) is 34.9. The predicted octanol–water partition coefficient (Wildman–Crippen LogP) is 4.42. The van der Waals surface area contributed by atoms with E-state index in [4.69, 9.17) is 13.7 Å². The summed E-state index contributed by atoms with van der Waals surface area (Å²) in [4.78, 5) is 35.9. The number of hydrogen-bond acceptors (Lipinski definition) is 10. The van der Waals surface area contributed by atoms with Gasteiger partial charge in [-0.25, -0.2) is 14.4 Å². The molecule has 0 aliphatic heterocycles. The lowest BCUT2D eigenvalue weighted by atomic mass is 9.99. The number of alkyl carbamates (subject to hydrolysis) is 2. The fourth-order valence-electron chi connectivity index (χ4n) is 2.61. The third-order valence-corrected chi connectivity index (χ3v) is 8.20. The second-order valence-corrected chi connectivity index (χ2v) is 15.2. The van der Waals surface area contributed by atoms with Gasteiger partial charge in [-0.15, -0.1) is 0 Å². The van der Waals surface area contributed by atoms with Crippen molar-refractivity contribution in [3.05, 3.63) is 35.9 Å². The summed E-state index contributed by atoms with van der Waals surface area (Å²) in [5, 5.41) is 14.4. The number of hydrogen-bond donors (Lipinski definition) is 3. The van der Waals surface area contributed by atoms with Crippen molar-refractivity contribution in [1.29, 1.82) is 0 Å². The standard InChI is InChI=1S/C25H40N2O9S3/c1-24(2,3)17-35-39(32,33)13-12-19(26-22(30)34-14-18-10-8-7-9-11-18)15-37-38-16-20(21(28)29)27-23(31)36-25(4,5)6/h7-11,19-20H,12-17H2,1-6H3,(H,26,30)(H,27,31)(H,28,29). The first-order chi connectivity index (χ1) is 18.0. The number of ether oxygens (including phenoxy) is 2. The molecule has 2 atom stereocenters. The summed E-state index contributed by atoms with van der Waals surface area (Å²) in [6.07, 6.45) is -1.50. The number of benzene rings is 1. The zero-order valence-electron chi connectivity index (χ0n) is 23.2. The molecule has 0 fully saturated rings. The molecule has 2 amide bonds. The highest BCUT2D eigenvalue weighted by Gasteiger charge is 2.25. The van der Waals surface area contributed by atoms with Crippen LogP contribution in [0.2, 0.25) is 0 Å². The van der Waals surface area contributed by atoms with E-state index < -0.39 is 46.0 Å². The Labute approximate surface area is 239 Å². The molecule has 0 aliphatic rings. The van der Waals surface area contributed by atoms with Crippen LogP contribution in [0.3, 0.4) is 0 Å². The van der Waals surface area contributed by atoms with Crippen LogP contribution < -0.4 is 10.6 Å². The minimum Gasteiger partial charge on any atom is -0.480 e. The van der Waals surface area contributed by atoms with Crippen molar-refractivity contribution in [2.24, 2.45) is 5.41 Å². The predicted molar refractivity (Wildman–Crippen MR) is 153 cm³/mol. The van der Waals surface area contributed by atoms with Gasteiger partial charge in [0.15, 0.2) is 0 Å². The normalized spacial score (nSPS) is 13.7. The van der Waals surface area contributed by atoms with Crippen molar-refractivity contribution >= 4 is 49.9 Å². The molecule has 0 saturated carbocycles. The molecule has 1 aromatic carbocycles. The van der Waals surface area contributed by atoms with Crippen molar-refractivity contribution in [3.8, 4) is 0 Å². The zero-order chi connectivity index (χ0) is 29.7. The van der Waals surface area contributed by atoms with Crippen molar-refractivity contribution < 1.29 is 41.6 Å². The van der Waals surface area contributed by atoms with Crippen LogP contribution in [0.1, 0.15) is 53.5 Å². The van der Waals surface area contributed by atoms with Crippen molar-refractivity contribution in [1.82, 2.24) is 10.6 Å². The Morgan fingerprint density at radius 1 is 0.949 bits per heavy atom. The van der Waals surface area contributed by atoms with Crippen molar-refractivity contribution in [3.63, 3.8) is 0 Å². The molecule has 11 nitrogen and oxygen atoms in total. The van der Waals surface area contributed by atoms with Gasteiger partial charge in [0.25, 0.3) is 10.1 Å². The van der Waals surface area contributed by atoms with Crippen LogP contribution in [0.4, 0.5) is 9.59 Å². The Bertz CT molecular complexity index is 1020. The average Bonchev–Trinajstić information content (AvgIpc) is 2.80. The largest absolute Gasteiger partial charge is 0.480 e. The van der Waals surface area contributed by atoms with E-state index in [-0.39, 0.29) is 42.3 Å². The smallest absolute Gasteiger partial charge is 0.408 e. The van der Waals surface area contributed by atoms with Gasteiger partial charge in [0.1, 0.15) is 18.2 Å². The van der Waals surface area contributed by atoms with Gasteiger partial charge in [-0.05, 0) is 38.2 Å². The SMILES string of the molecule is CC(C)(C)COS(=O)(=O)CCC(CSSCC(NC(=O)OC(C)(C)C)C(=O)O)NC(=O)OCc1ccccc1. The number of carbonyl (C=O) groups excluding carboxylic acids is 2. The number of rotatable bonds is 15. The van der Waals surface area contributed by atoms with Crippen LogP contribution in [-0.2, 0) is 35.2 Å². The number of aliphatic carboxylic acids is 1. The van der Waals surface area contributed by atoms with Crippen molar-refractivity contribution in [2.45, 2.75) is 72.3 Å². The highest BCUT2D eigenvalue weighted by atomic mass is 33.1. The first-order valence-electron chi connectivity index (χ1n) is 12.3. The molecule has 0 bridgehead atoms. The third kappa shape index (κ3) is 17.9. The average molecular weight is 609 g/mol. The van der Waals surface area contributed by atoms with Crippen LogP contribution in [0.25, 0.3) is 0 Å². The van der Waals surface area contributed by atoms with Gasteiger partial charge in [-0.1, -0.05) is 72.7 Å². The number of carbonyl (C=O) groups is 3. The van der Waals surface area contributed by atoms with E-state index >= 15 is 0 Å². The number of carboxylic acid groups (broad SMARTS) is 1. The Morgan fingerprint density at radius 2 is 1.56 bits per heavy atom. The highest BCUT2D eigenvalue weighted by Crippen LogP contribution is 2.24. The molecular weight excluding hydrogens is 568 g/mol. The van der Waals surface area contributed by atoms with Crippen molar-refractivity contribution in [2.75, 3.05) is 23.9 Å². The summed E-state index contributed by atoms with van der Waals surface area (Å²) in [5.41, 5.74) is -0.323. The Kier molecular flexibility index (Phi) is 14.5. The number of amides is 2. The van der Waals surface area contributed by atoms with Crippen LogP contribution in [0.15, 0.2) is 30.3 Å². The quantitative estimate of drug-likeness (QED) is 0.147. The van der Waals surface area contributed by atoms with E-state index in [0.29, 0.717) is 0 Å². The van der Waals surface area contributed by atoms with Gasteiger partial charge in [0, 0.05) is 17.5 Å². The molecule has 2 unspecified atom stereocenters. The number of carboxylic acids is 1. The highest BCUT2D eigenvalue weighted by molar-refractivity contribution is 8.76. The fourth-order valence-corrected chi connectivity index (χ4v) is 6.28. The molecule has 0 radical (unpaired) electrons. The second kappa shape index (κ2) is 16.2. The molecule has 39 heavy (non-hydrogen) atoms. The van der Waals surface area contributed by atoms with Crippen LogP contribution in [0.5, 0.6) is 0 Å². The molecule has 14 heteroatoms. The summed E-state index contributed by atoms with van der Waals surface area (Å²) in [5.74, 6) is -1.29. The summed E-state index contributed by atoms with van der Waals surface area (Å²) in [7, 11) is -1.45. The van der Waals surface area contributed by atoms with Crippen LogP contribution in [0, 0.1) is 5.41 Å². The Balaban J connectivity index is 2.70. The summed E-state index contributed by atoms with van der Waals surface area (Å²) < 4.78 is 40.2. The van der Waals surface area contributed by atoms with E-state index in [1.165, 1.54) is 10.8 Å². The van der Waals surface area contributed by atoms with Gasteiger partial charge in [-0.3, -0.25) is 4.18 Å². The van der Waals surface area contributed by atoms with Crippen LogP contribution in [-0.4, -0.2) is 73.2 Å². The minimum absolute atomic E-state index is 0.0113. The molecule has 0 spiro atoms. The lowest BCUT2D eigenvalue weighted by Gasteiger charge is -2.22. The molecule has 1 aromatic rings. The van der Waals surface area contributed by atoms with E-state index in [0.717, 1.165) is 16.4 Å². The Hall–Kier alpha value is -2.16. The fraction of sp³-hybridized carbons (Fsp3) is 0.640. The van der Waals surface area contributed by atoms with E-state index in [9.17, 15) is 27.9 Å². The monoisotopic (exact) mass is 608 g/mol. The van der Waals surface area contributed by atoms with Gasteiger partial charge in [-0.2, -0.15) is 8.42 Å². The molecule has 0 aromatic heterocycles. The summed E-state index contributed by atoms with van der Waals surface area (Å²) in [6, 6.07) is 7.28. The van der Waals surface area contributed by atoms with Crippen LogP contribution >= 0.6 is 21.6 Å². The molecule has 222 valence electrons. The van der Waals surface area contributed by atoms with E-state index in [2.05, 4.69) is 10.6 Å². The maximum absolute atomic E-state index is 12.4. The Morgan fingerprint density at radius 3 is 2.13 bits per heavy atom. The topological polar surface area (TPSA) is 157 Å². The molecule has 0 aliphatic carbocycles. The minimum atomic E-state index is -3.83. The summed E-state index contributed by atoms with van der Waals surface area (Å²) in [6.45, 7) is 10.6. The second-order valence-electron chi connectivity index (χ2n) is 10.9. The number of nitrogens with one attached hydrogen (secondary N) is 2. The zero-order valence-corrected chi connectivity index (χ0v) is 25.7. The molecule has 0 heterocycles. The van der Waals surface area contributed by atoms with Gasteiger partial charge in [0.2, 0.25) is 0 Å². The lowest BCUT2D eigenvalue weighted by molar-refractivity contribution is -0.138. The first-order valence-corrected chi connectivity index (χ1v) is 16.3. The molecule has 0 saturated heterocycles. The maximum Gasteiger partial charge on any atom is 0.408 e. The lowest BCUT2D eigenvalue weighted by Crippen LogP contribution is -2.44. The maximum atomic E-state index is 12.4. The van der Waals surface area contributed by atoms with Gasteiger partial charge in [0.05, 0.1) is 12.4 Å². The van der Waals surface area contributed by atoms with Gasteiger partial charge >= 0.3 is 18.2 Å². The molecule has 1 rings (SSSR count).